The minimum atomic E-state index is -4.40. The number of benzene rings is 2. The Hall–Kier alpha value is -4.12. The quantitative estimate of drug-likeness (QED) is 0.395. The predicted molar refractivity (Wildman–Crippen MR) is 115 cm³/mol. The van der Waals surface area contributed by atoms with Crippen molar-refractivity contribution < 1.29 is 27.8 Å². The predicted octanol–water partition coefficient (Wildman–Crippen LogP) is 4.45. The summed E-state index contributed by atoms with van der Waals surface area (Å²) in [6.45, 7) is -0.661. The largest absolute Gasteiger partial charge is 0.457 e. The molecule has 2 aromatic heterocycles. The minimum Gasteiger partial charge on any atom is -0.457 e. The molecule has 11 heteroatoms. The maximum absolute atomic E-state index is 12.8. The van der Waals surface area contributed by atoms with E-state index in [1.165, 1.54) is 24.4 Å². The molecule has 0 unspecified atom stereocenters. The van der Waals surface area contributed by atoms with Crippen molar-refractivity contribution in [3.8, 4) is 11.5 Å². The first-order chi connectivity index (χ1) is 15.7. The van der Waals surface area contributed by atoms with Crippen molar-refractivity contribution in [2.45, 2.75) is 6.18 Å². The van der Waals surface area contributed by atoms with Crippen molar-refractivity contribution in [2.24, 2.45) is 7.05 Å². The molecule has 8 nitrogen and oxygen atoms in total. The Morgan fingerprint density at radius 3 is 2.52 bits per heavy atom. The van der Waals surface area contributed by atoms with Crippen molar-refractivity contribution in [3.05, 3.63) is 66.4 Å². The molecule has 0 aliphatic carbocycles. The number of aliphatic hydroxyl groups is 1. The number of carbonyl (C=O) groups excluding carboxylic acids is 1. The number of nitrogens with one attached hydrogen (secondary N) is 2. The Bertz CT molecular complexity index is 1300. The molecule has 0 bridgehead atoms. The molecule has 0 saturated heterocycles. The van der Waals surface area contributed by atoms with Crippen LogP contribution in [0.2, 0.25) is 0 Å². The number of halogens is 3. The van der Waals surface area contributed by atoms with E-state index in [4.69, 9.17) is 9.84 Å². The van der Waals surface area contributed by atoms with E-state index in [1.807, 2.05) is 0 Å². The summed E-state index contributed by atoms with van der Waals surface area (Å²) in [5.41, 5.74) is 1.12. The minimum absolute atomic E-state index is 0.230. The number of aliphatic hydroxyl groups excluding tert-OH is 1. The van der Waals surface area contributed by atoms with Crippen molar-refractivity contribution in [1.82, 2.24) is 14.5 Å². The van der Waals surface area contributed by atoms with Crippen molar-refractivity contribution in [2.75, 3.05) is 17.2 Å². The second-order valence-electron chi connectivity index (χ2n) is 7.03. The summed E-state index contributed by atoms with van der Waals surface area (Å²) >= 11 is 0. The van der Waals surface area contributed by atoms with Crippen LogP contribution in [0.15, 0.2) is 60.8 Å². The molecule has 3 N–H and O–H groups in total. The molecular formula is C22H18F3N5O3. The average molecular weight is 457 g/mol. The van der Waals surface area contributed by atoms with Gasteiger partial charge in [0, 0.05) is 31.1 Å². The van der Waals surface area contributed by atoms with Gasteiger partial charge in [-0.15, -0.1) is 0 Å². The number of anilines is 3. The molecule has 2 heterocycles. The molecule has 0 spiro atoms. The first kappa shape index (κ1) is 22.1. The van der Waals surface area contributed by atoms with Gasteiger partial charge in [-0.25, -0.2) is 9.97 Å². The van der Waals surface area contributed by atoms with Crippen LogP contribution in [-0.2, 0) is 18.0 Å². The number of pyridine rings is 1. The molecule has 4 aromatic rings. The molecule has 0 saturated carbocycles. The SMILES string of the molecule is Cn1c(Nc2ccc(C(F)(F)F)cc2)nc2cc(Oc3ccnc(NC(=O)CO)c3)ccc21. The number of hydrogen-bond donors (Lipinski definition) is 3. The van der Waals surface area contributed by atoms with E-state index in [0.717, 1.165) is 17.6 Å². The summed E-state index contributed by atoms with van der Waals surface area (Å²) in [6, 6.07) is 13.0. The highest BCUT2D eigenvalue weighted by atomic mass is 19.4. The number of fused-ring (bicyclic) bond motifs is 1. The Morgan fingerprint density at radius 2 is 1.82 bits per heavy atom. The fourth-order valence-electron chi connectivity index (χ4n) is 3.09. The number of aryl methyl sites for hydroxylation is 1. The first-order valence-corrected chi connectivity index (χ1v) is 9.68. The van der Waals surface area contributed by atoms with Gasteiger partial charge in [-0.3, -0.25) is 4.79 Å². The maximum Gasteiger partial charge on any atom is 0.416 e. The molecule has 170 valence electrons. The number of ether oxygens (including phenoxy) is 1. The standard InChI is InChI=1S/C22H18F3N5O3/c1-30-18-7-6-15(33-16-8-9-26-19(11-16)29-20(32)12-31)10-17(18)28-21(30)27-14-4-2-13(3-5-14)22(23,24)25/h2-11,31H,12H2,1H3,(H,27,28)(H,26,29,32). The van der Waals surface area contributed by atoms with Crippen molar-refractivity contribution in [3.63, 3.8) is 0 Å². The van der Waals surface area contributed by atoms with Gasteiger partial charge in [-0.2, -0.15) is 13.2 Å². The number of carbonyl (C=O) groups is 1. The highest BCUT2D eigenvalue weighted by molar-refractivity contribution is 5.90. The Labute approximate surface area is 185 Å². The number of nitrogens with zero attached hydrogens (tertiary/aromatic N) is 3. The van der Waals surface area contributed by atoms with Crippen LogP contribution in [0, 0.1) is 0 Å². The lowest BCUT2D eigenvalue weighted by Crippen LogP contribution is -2.16. The molecule has 0 radical (unpaired) electrons. The Balaban J connectivity index is 1.53. The summed E-state index contributed by atoms with van der Waals surface area (Å²) < 4.78 is 45.9. The molecule has 4 rings (SSSR count). The number of imidazole rings is 1. The smallest absolute Gasteiger partial charge is 0.416 e. The summed E-state index contributed by atoms with van der Waals surface area (Å²) in [5, 5.41) is 14.3. The third-order valence-electron chi connectivity index (χ3n) is 4.70. The lowest BCUT2D eigenvalue weighted by molar-refractivity contribution is -0.137. The van der Waals surface area contributed by atoms with E-state index >= 15 is 0 Å². The van der Waals surface area contributed by atoms with Crippen molar-refractivity contribution >= 4 is 34.4 Å². The van der Waals surface area contributed by atoms with Gasteiger partial charge in [0.1, 0.15) is 23.9 Å². The Kier molecular flexibility index (Phi) is 5.88. The number of hydrogen-bond acceptors (Lipinski definition) is 6. The summed E-state index contributed by atoms with van der Waals surface area (Å²) in [4.78, 5) is 19.8. The van der Waals surface area contributed by atoms with Gasteiger partial charge in [0.15, 0.2) is 0 Å². The number of rotatable bonds is 6. The lowest BCUT2D eigenvalue weighted by atomic mass is 10.2. The van der Waals surface area contributed by atoms with Gasteiger partial charge in [0.25, 0.3) is 5.91 Å². The first-order valence-electron chi connectivity index (χ1n) is 9.68. The van der Waals surface area contributed by atoms with E-state index in [2.05, 4.69) is 20.6 Å². The van der Waals surface area contributed by atoms with Gasteiger partial charge in [0.2, 0.25) is 5.95 Å². The van der Waals surface area contributed by atoms with Gasteiger partial charge < -0.3 is 25.0 Å². The second-order valence-corrected chi connectivity index (χ2v) is 7.03. The van der Waals surface area contributed by atoms with E-state index in [0.29, 0.717) is 28.7 Å². The molecule has 1 amide bonds. The highest BCUT2D eigenvalue weighted by Gasteiger charge is 2.30. The summed E-state index contributed by atoms with van der Waals surface area (Å²) in [6.07, 6.45) is -2.94. The fraction of sp³-hybridized carbons (Fsp3) is 0.136. The van der Waals surface area contributed by atoms with Crippen LogP contribution in [0.5, 0.6) is 11.5 Å². The molecular weight excluding hydrogens is 439 g/mol. The third kappa shape index (κ3) is 5.04. The number of amides is 1. The molecule has 0 atom stereocenters. The van der Waals surface area contributed by atoms with Crippen LogP contribution in [0.1, 0.15) is 5.56 Å². The van der Waals surface area contributed by atoms with E-state index in [-0.39, 0.29) is 5.82 Å². The van der Waals surface area contributed by atoms with E-state index in [9.17, 15) is 18.0 Å². The second kappa shape index (κ2) is 8.79. The zero-order chi connectivity index (χ0) is 23.6. The van der Waals surface area contributed by atoms with Crippen LogP contribution in [0.25, 0.3) is 11.0 Å². The Morgan fingerprint density at radius 1 is 1.09 bits per heavy atom. The van der Waals surface area contributed by atoms with Crippen LogP contribution in [0.3, 0.4) is 0 Å². The van der Waals surface area contributed by atoms with Crippen molar-refractivity contribution in [1.29, 1.82) is 0 Å². The molecule has 2 aromatic carbocycles. The summed E-state index contributed by atoms with van der Waals surface area (Å²) in [5.74, 6) is 0.972. The highest BCUT2D eigenvalue weighted by Crippen LogP contribution is 2.31. The van der Waals surface area contributed by atoms with Crippen LogP contribution < -0.4 is 15.4 Å². The topological polar surface area (TPSA) is 101 Å². The van der Waals surface area contributed by atoms with Crippen LogP contribution >= 0.6 is 0 Å². The van der Waals surface area contributed by atoms with Crippen LogP contribution in [0.4, 0.5) is 30.6 Å². The molecule has 0 aliphatic rings. The lowest BCUT2D eigenvalue weighted by Gasteiger charge is -2.09. The van der Waals surface area contributed by atoms with E-state index in [1.54, 1.807) is 35.9 Å². The summed E-state index contributed by atoms with van der Waals surface area (Å²) in [7, 11) is 1.78. The van der Waals surface area contributed by atoms with Gasteiger partial charge in [-0.05, 0) is 42.5 Å². The monoisotopic (exact) mass is 457 g/mol. The molecule has 0 fully saturated rings. The number of alkyl halides is 3. The number of aromatic nitrogens is 3. The van der Waals surface area contributed by atoms with Gasteiger partial charge in [-0.1, -0.05) is 0 Å². The fourth-order valence-corrected chi connectivity index (χ4v) is 3.09. The zero-order valence-electron chi connectivity index (χ0n) is 17.2. The van der Waals surface area contributed by atoms with Crippen LogP contribution in [-0.4, -0.2) is 32.2 Å². The third-order valence-corrected chi connectivity index (χ3v) is 4.70. The van der Waals surface area contributed by atoms with E-state index < -0.39 is 24.3 Å². The van der Waals surface area contributed by atoms with Gasteiger partial charge >= 0.3 is 6.18 Å². The van der Waals surface area contributed by atoms with Gasteiger partial charge in [0.05, 0.1) is 16.6 Å². The normalized spacial score (nSPS) is 11.4. The molecule has 0 aliphatic heterocycles. The zero-order valence-corrected chi connectivity index (χ0v) is 17.2. The molecule has 33 heavy (non-hydrogen) atoms. The average Bonchev–Trinajstić information content (AvgIpc) is 3.08. The maximum atomic E-state index is 12.8.